The maximum absolute atomic E-state index is 13.5. The lowest BCUT2D eigenvalue weighted by molar-refractivity contribution is -0.138. The van der Waals surface area contributed by atoms with Crippen molar-refractivity contribution in [1.29, 1.82) is 0 Å². The molecule has 2 heterocycles. The zero-order valence-corrected chi connectivity index (χ0v) is 17.5. The maximum Gasteiger partial charge on any atom is 0.226 e. The highest BCUT2D eigenvalue weighted by Crippen LogP contribution is 2.38. The number of ether oxygens (including phenoxy) is 2. The molecule has 1 aliphatic rings. The van der Waals surface area contributed by atoms with E-state index in [9.17, 15) is 4.79 Å². The molecule has 0 spiro atoms. The van der Waals surface area contributed by atoms with Crippen LogP contribution in [0.2, 0.25) is 0 Å². The number of hydrogen-bond acceptors (Lipinski definition) is 3. The average molecular weight is 385 g/mol. The molecule has 1 aromatic heterocycles. The number of rotatable bonds is 8. The molecule has 152 valence electrons. The van der Waals surface area contributed by atoms with Crippen LogP contribution in [0.15, 0.2) is 36.5 Å². The number of benzene rings is 1. The number of carbonyl (C=O) groups excluding carboxylic acids is 1. The Morgan fingerprint density at radius 2 is 1.93 bits per heavy atom. The highest BCUT2D eigenvalue weighted by molar-refractivity contribution is 5.80. The van der Waals surface area contributed by atoms with Gasteiger partial charge in [0.05, 0.1) is 20.3 Å². The SMILES string of the molecule is CCCCC(CC)C(=O)N1CCn2cccc2C1c1ccc(OC)c(OC)c1. The van der Waals surface area contributed by atoms with Crippen molar-refractivity contribution in [2.75, 3.05) is 20.8 Å². The standard InChI is InChI=1S/C23H32N2O3/c1-5-7-9-17(6-2)23(26)25-15-14-24-13-8-10-19(24)22(25)18-11-12-20(27-3)21(16-18)28-4/h8,10-13,16-17,22H,5-7,9,14-15H2,1-4H3. The van der Waals surface area contributed by atoms with Crippen molar-refractivity contribution in [3.05, 3.63) is 47.8 Å². The molecule has 0 saturated heterocycles. The van der Waals surface area contributed by atoms with Gasteiger partial charge in [-0.1, -0.05) is 32.8 Å². The first-order chi connectivity index (χ1) is 13.6. The molecule has 1 amide bonds. The van der Waals surface area contributed by atoms with Crippen LogP contribution in [0.4, 0.5) is 0 Å². The number of methoxy groups -OCH3 is 2. The molecular weight excluding hydrogens is 352 g/mol. The van der Waals surface area contributed by atoms with Gasteiger partial charge in [-0.25, -0.2) is 0 Å². The Balaban J connectivity index is 2.00. The predicted molar refractivity (Wildman–Crippen MR) is 111 cm³/mol. The molecule has 0 radical (unpaired) electrons. The van der Waals surface area contributed by atoms with E-state index in [1.165, 1.54) is 0 Å². The van der Waals surface area contributed by atoms with Gasteiger partial charge in [0.2, 0.25) is 5.91 Å². The molecule has 0 bridgehead atoms. The van der Waals surface area contributed by atoms with Crippen LogP contribution in [0.1, 0.15) is 56.8 Å². The lowest BCUT2D eigenvalue weighted by atomic mass is 9.93. The topological polar surface area (TPSA) is 43.7 Å². The Hall–Kier alpha value is -2.43. The zero-order chi connectivity index (χ0) is 20.1. The molecular formula is C23H32N2O3. The molecule has 0 aliphatic carbocycles. The fraction of sp³-hybridized carbons (Fsp3) is 0.522. The van der Waals surface area contributed by atoms with Crippen molar-refractivity contribution in [3.8, 4) is 11.5 Å². The third kappa shape index (κ3) is 3.89. The first kappa shape index (κ1) is 20.3. The van der Waals surface area contributed by atoms with Crippen molar-refractivity contribution in [1.82, 2.24) is 9.47 Å². The monoisotopic (exact) mass is 384 g/mol. The minimum Gasteiger partial charge on any atom is -0.493 e. The summed E-state index contributed by atoms with van der Waals surface area (Å²) in [6.07, 6.45) is 6.15. The van der Waals surface area contributed by atoms with Crippen LogP contribution < -0.4 is 9.47 Å². The van der Waals surface area contributed by atoms with E-state index in [1.54, 1.807) is 14.2 Å². The normalized spacial score (nSPS) is 17.1. The van der Waals surface area contributed by atoms with E-state index >= 15 is 0 Å². The van der Waals surface area contributed by atoms with Gasteiger partial charge in [0.1, 0.15) is 0 Å². The summed E-state index contributed by atoms with van der Waals surface area (Å²) in [5, 5.41) is 0. The summed E-state index contributed by atoms with van der Waals surface area (Å²) in [6.45, 7) is 5.86. The fourth-order valence-corrected chi connectivity index (χ4v) is 4.18. The van der Waals surface area contributed by atoms with Crippen LogP contribution in [-0.4, -0.2) is 36.1 Å². The van der Waals surface area contributed by atoms with Gasteiger partial charge >= 0.3 is 0 Å². The molecule has 0 N–H and O–H groups in total. The molecule has 1 aromatic carbocycles. The van der Waals surface area contributed by atoms with Gasteiger partial charge in [0.25, 0.3) is 0 Å². The molecule has 1 aliphatic heterocycles. The third-order valence-corrected chi connectivity index (χ3v) is 5.79. The first-order valence-corrected chi connectivity index (χ1v) is 10.3. The highest BCUT2D eigenvalue weighted by Gasteiger charge is 2.35. The van der Waals surface area contributed by atoms with Crippen LogP contribution in [-0.2, 0) is 11.3 Å². The van der Waals surface area contributed by atoms with E-state index in [0.29, 0.717) is 11.5 Å². The van der Waals surface area contributed by atoms with E-state index in [2.05, 4.69) is 41.6 Å². The number of fused-ring (bicyclic) bond motifs is 1. The maximum atomic E-state index is 13.5. The highest BCUT2D eigenvalue weighted by atomic mass is 16.5. The third-order valence-electron chi connectivity index (χ3n) is 5.79. The largest absolute Gasteiger partial charge is 0.493 e. The van der Waals surface area contributed by atoms with E-state index in [1.807, 2.05) is 18.2 Å². The van der Waals surface area contributed by atoms with Crippen molar-refractivity contribution < 1.29 is 14.3 Å². The van der Waals surface area contributed by atoms with Crippen LogP contribution >= 0.6 is 0 Å². The summed E-state index contributed by atoms with van der Waals surface area (Å²) in [5.41, 5.74) is 2.20. The van der Waals surface area contributed by atoms with Gasteiger partial charge in [-0.05, 0) is 42.7 Å². The molecule has 0 fully saturated rings. The van der Waals surface area contributed by atoms with E-state index in [0.717, 1.165) is 50.0 Å². The smallest absolute Gasteiger partial charge is 0.226 e. The summed E-state index contributed by atoms with van der Waals surface area (Å²) in [6, 6.07) is 10.0. The lowest BCUT2D eigenvalue weighted by Crippen LogP contribution is -2.45. The second-order valence-electron chi connectivity index (χ2n) is 7.42. The van der Waals surface area contributed by atoms with Crippen LogP contribution in [0, 0.1) is 5.92 Å². The average Bonchev–Trinajstić information content (AvgIpc) is 3.21. The Morgan fingerprint density at radius 1 is 1.14 bits per heavy atom. The Bertz CT molecular complexity index is 799. The van der Waals surface area contributed by atoms with Gasteiger partial charge in [0.15, 0.2) is 11.5 Å². The Morgan fingerprint density at radius 3 is 2.61 bits per heavy atom. The van der Waals surface area contributed by atoms with Crippen molar-refractivity contribution in [2.24, 2.45) is 5.92 Å². The lowest BCUT2D eigenvalue weighted by Gasteiger charge is -2.39. The van der Waals surface area contributed by atoms with Gasteiger partial charge in [-0.2, -0.15) is 0 Å². The predicted octanol–water partition coefficient (Wildman–Crippen LogP) is 4.65. The molecule has 3 rings (SSSR count). The Labute approximate surface area is 168 Å². The molecule has 2 aromatic rings. The van der Waals surface area contributed by atoms with Gasteiger partial charge in [0, 0.05) is 30.9 Å². The van der Waals surface area contributed by atoms with E-state index < -0.39 is 0 Å². The van der Waals surface area contributed by atoms with E-state index in [-0.39, 0.29) is 17.9 Å². The number of aromatic nitrogens is 1. The molecule has 28 heavy (non-hydrogen) atoms. The zero-order valence-electron chi connectivity index (χ0n) is 17.5. The summed E-state index contributed by atoms with van der Waals surface area (Å²) in [5.74, 6) is 1.74. The Kier molecular flexibility index (Phi) is 6.65. The minimum absolute atomic E-state index is 0.0871. The molecule has 2 atom stereocenters. The first-order valence-electron chi connectivity index (χ1n) is 10.3. The second-order valence-corrected chi connectivity index (χ2v) is 7.42. The van der Waals surface area contributed by atoms with Crippen LogP contribution in [0.5, 0.6) is 11.5 Å². The minimum atomic E-state index is -0.105. The summed E-state index contributed by atoms with van der Waals surface area (Å²) in [4.78, 5) is 15.6. The summed E-state index contributed by atoms with van der Waals surface area (Å²) < 4.78 is 13.2. The number of carbonyl (C=O) groups is 1. The van der Waals surface area contributed by atoms with Crippen molar-refractivity contribution >= 4 is 5.91 Å². The van der Waals surface area contributed by atoms with Crippen LogP contribution in [0.3, 0.4) is 0 Å². The quantitative estimate of drug-likeness (QED) is 0.665. The number of nitrogens with zero attached hydrogens (tertiary/aromatic N) is 2. The van der Waals surface area contributed by atoms with E-state index in [4.69, 9.17) is 9.47 Å². The van der Waals surface area contributed by atoms with Gasteiger partial charge in [-0.3, -0.25) is 4.79 Å². The van der Waals surface area contributed by atoms with Crippen molar-refractivity contribution in [3.63, 3.8) is 0 Å². The molecule has 2 unspecified atom stereocenters. The fourth-order valence-electron chi connectivity index (χ4n) is 4.18. The number of unbranched alkanes of at least 4 members (excludes halogenated alkanes) is 1. The van der Waals surface area contributed by atoms with Crippen molar-refractivity contribution in [2.45, 2.75) is 52.1 Å². The summed E-state index contributed by atoms with van der Waals surface area (Å²) >= 11 is 0. The number of amides is 1. The summed E-state index contributed by atoms with van der Waals surface area (Å²) in [7, 11) is 3.28. The molecule has 5 heteroatoms. The van der Waals surface area contributed by atoms with Crippen LogP contribution in [0.25, 0.3) is 0 Å². The second kappa shape index (κ2) is 9.18. The van der Waals surface area contributed by atoms with Gasteiger partial charge in [-0.15, -0.1) is 0 Å². The molecule has 0 saturated carbocycles. The number of hydrogen-bond donors (Lipinski definition) is 0. The molecule has 5 nitrogen and oxygen atoms in total. The van der Waals surface area contributed by atoms with Gasteiger partial charge < -0.3 is 18.9 Å².